The van der Waals surface area contributed by atoms with Crippen molar-refractivity contribution >= 4 is 6.29 Å². The van der Waals surface area contributed by atoms with Gasteiger partial charge in [-0.1, -0.05) is 0 Å². The highest BCUT2D eigenvalue weighted by Crippen LogP contribution is 2.02. The van der Waals surface area contributed by atoms with E-state index in [1.807, 2.05) is 0 Å². The van der Waals surface area contributed by atoms with Crippen molar-refractivity contribution in [3.8, 4) is 0 Å². The van der Waals surface area contributed by atoms with Crippen LogP contribution in [-0.4, -0.2) is 62.8 Å². The predicted octanol–water partition coefficient (Wildman–Crippen LogP) is -3.38. The summed E-state index contributed by atoms with van der Waals surface area (Å²) in [5.74, 6) is 0. The molecule has 0 heterocycles. The standard InChI is InChI=1S/C6H12O6/c7-1-3(9)5(11)6(12)4(10)2-8/h1,3-6,8-12H,2H2/t3-,4+,5+,6+/m1/s1/i1+1,2+1,3+1,4+1,5+1,6+1. The van der Waals surface area contributed by atoms with Gasteiger partial charge in [-0.25, -0.2) is 0 Å². The quantitative estimate of drug-likeness (QED) is 0.226. The van der Waals surface area contributed by atoms with E-state index >= 15 is 0 Å². The molecule has 0 aliphatic carbocycles. The van der Waals surface area contributed by atoms with Crippen molar-refractivity contribution in [3.63, 3.8) is 0 Å². The van der Waals surface area contributed by atoms with Crippen LogP contribution in [-0.2, 0) is 4.79 Å². The third-order valence-electron chi connectivity index (χ3n) is 1.42. The molecule has 72 valence electrons. The van der Waals surface area contributed by atoms with Crippen LogP contribution in [0.3, 0.4) is 0 Å². The van der Waals surface area contributed by atoms with Crippen LogP contribution in [0.1, 0.15) is 0 Å². The van der Waals surface area contributed by atoms with Crippen LogP contribution in [0.5, 0.6) is 0 Å². The number of aliphatic hydroxyl groups is 5. The van der Waals surface area contributed by atoms with Crippen molar-refractivity contribution in [2.24, 2.45) is 0 Å². The highest BCUT2D eigenvalue weighted by Gasteiger charge is 2.29. The van der Waals surface area contributed by atoms with Crippen LogP contribution >= 0.6 is 0 Å². The second kappa shape index (κ2) is 5.18. The molecule has 0 saturated heterocycles. The molecule has 0 radical (unpaired) electrons. The van der Waals surface area contributed by atoms with E-state index in [0.29, 0.717) is 0 Å². The zero-order valence-electron chi connectivity index (χ0n) is 6.24. The van der Waals surface area contributed by atoms with Gasteiger partial charge in [0.2, 0.25) is 0 Å². The molecule has 0 fully saturated rings. The fourth-order valence-electron chi connectivity index (χ4n) is 0.618. The Morgan fingerprint density at radius 1 is 1.08 bits per heavy atom. The van der Waals surface area contributed by atoms with Crippen molar-refractivity contribution in [2.45, 2.75) is 24.4 Å². The first-order valence-electron chi connectivity index (χ1n) is 3.33. The maximum atomic E-state index is 9.90. The van der Waals surface area contributed by atoms with Crippen LogP contribution < -0.4 is 0 Å². The zero-order chi connectivity index (χ0) is 9.72. The van der Waals surface area contributed by atoms with E-state index in [4.69, 9.17) is 25.5 Å². The molecule has 0 aromatic heterocycles. The van der Waals surface area contributed by atoms with E-state index in [1.54, 1.807) is 0 Å². The number of hydrogen-bond donors (Lipinski definition) is 5. The third kappa shape index (κ3) is 2.84. The van der Waals surface area contributed by atoms with E-state index in [-0.39, 0.29) is 6.29 Å². The molecule has 0 spiro atoms. The van der Waals surface area contributed by atoms with Crippen LogP contribution in [0, 0.1) is 0 Å². The van der Waals surface area contributed by atoms with Gasteiger partial charge in [-0.2, -0.15) is 0 Å². The number of hydrogen-bond acceptors (Lipinski definition) is 6. The summed E-state index contributed by atoms with van der Waals surface area (Å²) >= 11 is 0. The van der Waals surface area contributed by atoms with Gasteiger partial charge in [0, 0.05) is 0 Å². The molecule has 0 bridgehead atoms. The molecule has 0 amide bonds. The molecule has 6 heteroatoms. The average Bonchev–Trinajstić information content (AvgIpc) is 2.12. The Labute approximate surface area is 68.7 Å². The predicted molar refractivity (Wildman–Crippen MR) is 37.2 cm³/mol. The number of rotatable bonds is 5. The van der Waals surface area contributed by atoms with Gasteiger partial charge in [0.1, 0.15) is 24.4 Å². The highest BCUT2D eigenvalue weighted by molar-refractivity contribution is 5.56. The van der Waals surface area contributed by atoms with E-state index < -0.39 is 31.0 Å². The van der Waals surface area contributed by atoms with Crippen LogP contribution in [0.15, 0.2) is 0 Å². The van der Waals surface area contributed by atoms with E-state index in [1.165, 1.54) is 0 Å². The normalized spacial score (nSPS) is 21.1. The number of carbonyl (C=O) groups is 1. The molecule has 0 aromatic carbocycles. The summed E-state index contributed by atoms with van der Waals surface area (Å²) in [4.78, 5) is 9.90. The molecule has 0 unspecified atom stereocenters. The molecule has 0 aromatic rings. The van der Waals surface area contributed by atoms with E-state index in [9.17, 15) is 4.79 Å². The molecule has 6 nitrogen and oxygen atoms in total. The molecule has 0 saturated carbocycles. The Bertz CT molecular complexity index is 138. The van der Waals surface area contributed by atoms with Crippen LogP contribution in [0.2, 0.25) is 0 Å². The lowest BCUT2D eigenvalue weighted by molar-refractivity contribution is -0.136. The second-order valence-corrected chi connectivity index (χ2v) is 2.36. The molecular formula is C6H12O6. The van der Waals surface area contributed by atoms with Gasteiger partial charge in [0.25, 0.3) is 0 Å². The van der Waals surface area contributed by atoms with Gasteiger partial charge >= 0.3 is 0 Å². The largest absolute Gasteiger partial charge is 0.394 e. The van der Waals surface area contributed by atoms with Crippen molar-refractivity contribution in [3.05, 3.63) is 0 Å². The smallest absolute Gasteiger partial charge is 0.151 e. The first-order chi connectivity index (χ1) is 5.54. The maximum absolute atomic E-state index is 9.90. The molecule has 5 N–H and O–H groups in total. The van der Waals surface area contributed by atoms with E-state index in [0.717, 1.165) is 0 Å². The number of carbonyl (C=O) groups excluding carboxylic acids is 1. The van der Waals surface area contributed by atoms with Gasteiger partial charge in [0.15, 0.2) is 6.29 Å². The Morgan fingerprint density at radius 3 is 1.92 bits per heavy atom. The highest BCUT2D eigenvalue weighted by atomic mass is 16.6. The maximum Gasteiger partial charge on any atom is 0.151 e. The topological polar surface area (TPSA) is 118 Å². The Kier molecular flexibility index (Phi) is 4.95. The summed E-state index contributed by atoms with van der Waals surface area (Å²) in [5.41, 5.74) is 0. The van der Waals surface area contributed by atoms with Gasteiger partial charge in [-0.05, 0) is 0 Å². The lowest BCUT2D eigenvalue weighted by atomic mass is 11.0. The molecular weight excluding hydrogens is 174 g/mol. The second-order valence-electron chi connectivity index (χ2n) is 2.36. The average molecular weight is 186 g/mol. The first kappa shape index (κ1) is 11.5. The van der Waals surface area contributed by atoms with Gasteiger partial charge in [-0.3, -0.25) is 0 Å². The summed E-state index contributed by atoms with van der Waals surface area (Å²) in [6, 6.07) is 0. The third-order valence-corrected chi connectivity index (χ3v) is 1.42. The van der Waals surface area contributed by atoms with Crippen molar-refractivity contribution in [2.75, 3.05) is 6.61 Å². The zero-order valence-corrected chi connectivity index (χ0v) is 6.24. The molecule has 0 aliphatic heterocycles. The Hall–Kier alpha value is -0.530. The Morgan fingerprint density at radius 2 is 1.58 bits per heavy atom. The minimum atomic E-state index is -1.79. The van der Waals surface area contributed by atoms with Crippen LogP contribution in [0.25, 0.3) is 0 Å². The number of aliphatic hydroxyl groups excluding tert-OH is 5. The van der Waals surface area contributed by atoms with Gasteiger partial charge in [-0.15, -0.1) is 0 Å². The summed E-state index contributed by atoms with van der Waals surface area (Å²) in [6.45, 7) is -0.760. The Balaban J connectivity index is 4.07. The monoisotopic (exact) mass is 186 g/mol. The summed E-state index contributed by atoms with van der Waals surface area (Å²) < 4.78 is 0. The van der Waals surface area contributed by atoms with Crippen molar-refractivity contribution in [1.82, 2.24) is 0 Å². The molecule has 4 atom stereocenters. The van der Waals surface area contributed by atoms with E-state index in [2.05, 4.69) is 0 Å². The van der Waals surface area contributed by atoms with Crippen LogP contribution in [0.4, 0.5) is 0 Å². The lowest BCUT2D eigenvalue weighted by Crippen LogP contribution is -2.46. The molecule has 12 heavy (non-hydrogen) atoms. The van der Waals surface area contributed by atoms with Crippen molar-refractivity contribution in [1.29, 1.82) is 0 Å². The number of aldehydes is 1. The summed E-state index contributed by atoms with van der Waals surface area (Å²) in [7, 11) is 0. The fourth-order valence-corrected chi connectivity index (χ4v) is 0.618. The SMILES string of the molecule is O=[13CH][13C@@H](O)[13C@H](O)[13C@@H](O)[13C@@H](O)[13CH2]O. The molecule has 0 aliphatic rings. The molecule has 0 rings (SSSR count). The summed E-state index contributed by atoms with van der Waals surface area (Å²) in [5, 5.41) is 43.5. The minimum Gasteiger partial charge on any atom is -0.394 e. The summed E-state index contributed by atoms with van der Waals surface area (Å²) in [6.07, 6.45) is -6.84. The van der Waals surface area contributed by atoms with Gasteiger partial charge in [0.05, 0.1) is 6.61 Å². The fraction of sp³-hybridized carbons (Fsp3) is 0.833. The first-order valence-corrected chi connectivity index (χ1v) is 3.33. The van der Waals surface area contributed by atoms with Gasteiger partial charge < -0.3 is 30.3 Å². The minimum absolute atomic E-state index is 0.0258. The lowest BCUT2D eigenvalue weighted by Gasteiger charge is -2.22. The van der Waals surface area contributed by atoms with Crippen molar-refractivity contribution < 1.29 is 30.3 Å².